The molecule has 2 aromatic rings. The normalized spacial score (nSPS) is 18.8. The number of benzene rings is 1. The lowest BCUT2D eigenvalue weighted by Gasteiger charge is -2.39. The van der Waals surface area contributed by atoms with Gasteiger partial charge in [0.05, 0.1) is 17.9 Å². The zero-order chi connectivity index (χ0) is 17.8. The molecule has 134 valence electrons. The molecule has 1 aliphatic rings. The first-order valence-electron chi connectivity index (χ1n) is 8.87. The van der Waals surface area contributed by atoms with Gasteiger partial charge in [0.15, 0.2) is 0 Å². The zero-order valence-corrected chi connectivity index (χ0v) is 14.9. The molecule has 0 aliphatic carbocycles. The smallest absolute Gasteiger partial charge is 0.239 e. The molecule has 0 spiro atoms. The van der Waals surface area contributed by atoms with E-state index >= 15 is 0 Å². The molecule has 1 amide bonds. The predicted octanol–water partition coefficient (Wildman–Crippen LogP) is 2.84. The van der Waals surface area contributed by atoms with Crippen molar-refractivity contribution in [3.05, 3.63) is 48.0 Å². The van der Waals surface area contributed by atoms with E-state index in [1.807, 2.05) is 24.2 Å². The summed E-state index contributed by atoms with van der Waals surface area (Å²) in [5, 5.41) is 4.34. The number of amides is 1. The molecule has 0 saturated carbocycles. The first-order chi connectivity index (χ1) is 12.1. The molecule has 1 saturated heterocycles. The lowest BCUT2D eigenvalue weighted by Crippen LogP contribution is -2.55. The molecule has 0 radical (unpaired) electrons. The molecule has 1 aromatic heterocycles. The van der Waals surface area contributed by atoms with Crippen molar-refractivity contribution in [3.63, 3.8) is 0 Å². The Hall–Kier alpha value is -2.21. The van der Waals surface area contributed by atoms with Crippen molar-refractivity contribution in [2.45, 2.75) is 38.8 Å². The number of carbonyl (C=O) groups is 1. The fourth-order valence-electron chi connectivity index (χ4n) is 3.28. The van der Waals surface area contributed by atoms with Crippen LogP contribution in [0.15, 0.2) is 36.7 Å². The zero-order valence-electron chi connectivity index (χ0n) is 14.9. The highest BCUT2D eigenvalue weighted by molar-refractivity contribution is 5.82. The van der Waals surface area contributed by atoms with E-state index in [1.165, 1.54) is 12.1 Å². The number of aromatic nitrogens is 2. The Balaban J connectivity index is 1.73. The summed E-state index contributed by atoms with van der Waals surface area (Å²) in [6, 6.07) is 6.31. The Kier molecular flexibility index (Phi) is 5.48. The molecule has 0 unspecified atom stereocenters. The third-order valence-electron chi connectivity index (χ3n) is 4.75. The minimum atomic E-state index is -0.279. The minimum absolute atomic E-state index is 0.0591. The van der Waals surface area contributed by atoms with Crippen LogP contribution in [0.2, 0.25) is 0 Å². The first-order valence-corrected chi connectivity index (χ1v) is 8.87. The number of halogens is 1. The third kappa shape index (κ3) is 4.07. The van der Waals surface area contributed by atoms with E-state index < -0.39 is 0 Å². The Morgan fingerprint density at radius 2 is 2.16 bits per heavy atom. The quantitative estimate of drug-likeness (QED) is 0.809. The van der Waals surface area contributed by atoms with Crippen LogP contribution < -0.4 is 0 Å². The summed E-state index contributed by atoms with van der Waals surface area (Å²) in [5.74, 6) is -0.0731. The van der Waals surface area contributed by atoms with Gasteiger partial charge in [0.2, 0.25) is 5.91 Å². The number of nitrogens with zero attached hydrogens (tertiary/aromatic N) is 4. The van der Waals surface area contributed by atoms with Gasteiger partial charge in [-0.15, -0.1) is 0 Å². The van der Waals surface area contributed by atoms with Crippen molar-refractivity contribution in [2.24, 2.45) is 0 Å². The van der Waals surface area contributed by atoms with Crippen molar-refractivity contribution < 1.29 is 9.18 Å². The Bertz CT molecular complexity index is 730. The van der Waals surface area contributed by atoms with Crippen LogP contribution in [-0.4, -0.2) is 51.7 Å². The second-order valence-electron chi connectivity index (χ2n) is 6.66. The molecule has 25 heavy (non-hydrogen) atoms. The maximum absolute atomic E-state index is 13.4. The molecule has 1 atom stereocenters. The molecule has 1 aromatic carbocycles. The summed E-state index contributed by atoms with van der Waals surface area (Å²) in [6.07, 6.45) is 6.72. The lowest BCUT2D eigenvalue weighted by molar-refractivity contribution is -0.140. The van der Waals surface area contributed by atoms with E-state index in [0.717, 1.165) is 37.9 Å². The molecule has 3 rings (SSSR count). The van der Waals surface area contributed by atoms with Crippen LogP contribution in [0.4, 0.5) is 4.39 Å². The molecule has 1 fully saturated rings. The summed E-state index contributed by atoms with van der Waals surface area (Å²) in [4.78, 5) is 16.6. The van der Waals surface area contributed by atoms with Gasteiger partial charge < -0.3 is 4.90 Å². The van der Waals surface area contributed by atoms with Gasteiger partial charge in [-0.05, 0) is 24.6 Å². The number of rotatable bonds is 6. The van der Waals surface area contributed by atoms with Crippen molar-refractivity contribution in [1.82, 2.24) is 19.6 Å². The summed E-state index contributed by atoms with van der Waals surface area (Å²) < 4.78 is 15.1. The molecule has 5 nitrogen and oxygen atoms in total. The monoisotopic (exact) mass is 344 g/mol. The van der Waals surface area contributed by atoms with Gasteiger partial charge in [0.25, 0.3) is 0 Å². The fourth-order valence-corrected chi connectivity index (χ4v) is 3.28. The first kappa shape index (κ1) is 17.6. The number of piperazine rings is 1. The number of likely N-dealkylation sites (N-methyl/N-ethyl adjacent to an activating group) is 1. The molecule has 0 bridgehead atoms. The Morgan fingerprint density at radius 1 is 1.32 bits per heavy atom. The third-order valence-corrected chi connectivity index (χ3v) is 4.75. The molecule has 1 aliphatic heterocycles. The molecular weight excluding hydrogens is 319 g/mol. The van der Waals surface area contributed by atoms with Crippen LogP contribution in [0.5, 0.6) is 0 Å². The van der Waals surface area contributed by atoms with Gasteiger partial charge in [-0.2, -0.15) is 5.10 Å². The van der Waals surface area contributed by atoms with E-state index in [1.54, 1.807) is 16.9 Å². The average molecular weight is 344 g/mol. The predicted molar refractivity (Wildman–Crippen MR) is 94.9 cm³/mol. The number of hydrogen-bond donors (Lipinski definition) is 0. The van der Waals surface area contributed by atoms with Crippen LogP contribution in [0.25, 0.3) is 5.69 Å². The van der Waals surface area contributed by atoms with Gasteiger partial charge in [-0.1, -0.05) is 25.8 Å². The van der Waals surface area contributed by atoms with Gasteiger partial charge in [-0.25, -0.2) is 9.07 Å². The minimum Gasteiger partial charge on any atom is -0.343 e. The lowest BCUT2D eigenvalue weighted by atomic mass is 10.0. The second-order valence-corrected chi connectivity index (χ2v) is 6.66. The van der Waals surface area contributed by atoms with Gasteiger partial charge in [0.1, 0.15) is 5.82 Å². The molecule has 0 N–H and O–H groups in total. The summed E-state index contributed by atoms with van der Waals surface area (Å²) >= 11 is 0. The maximum Gasteiger partial charge on any atom is 0.239 e. The average Bonchev–Trinajstić information content (AvgIpc) is 3.06. The van der Waals surface area contributed by atoms with E-state index in [9.17, 15) is 9.18 Å². The van der Waals surface area contributed by atoms with E-state index in [-0.39, 0.29) is 17.8 Å². The van der Waals surface area contributed by atoms with Crippen molar-refractivity contribution in [3.8, 4) is 5.69 Å². The van der Waals surface area contributed by atoms with Crippen LogP contribution >= 0.6 is 0 Å². The topological polar surface area (TPSA) is 41.4 Å². The van der Waals surface area contributed by atoms with Crippen LogP contribution in [-0.2, 0) is 11.3 Å². The highest BCUT2D eigenvalue weighted by atomic mass is 19.1. The van der Waals surface area contributed by atoms with Gasteiger partial charge in [0, 0.05) is 38.4 Å². The highest BCUT2D eigenvalue weighted by Crippen LogP contribution is 2.19. The molecular formula is C19H25FN4O. The maximum atomic E-state index is 13.4. The van der Waals surface area contributed by atoms with Crippen molar-refractivity contribution in [2.75, 3.05) is 20.1 Å². The number of unbranched alkanes of at least 4 members (excludes halogenated alkanes) is 1. The van der Waals surface area contributed by atoms with E-state index in [4.69, 9.17) is 0 Å². The Labute approximate surface area is 148 Å². The van der Waals surface area contributed by atoms with Crippen molar-refractivity contribution >= 4 is 5.91 Å². The molecule has 2 heterocycles. The fraction of sp³-hybridized carbons (Fsp3) is 0.474. The van der Waals surface area contributed by atoms with E-state index in [2.05, 4.69) is 16.9 Å². The highest BCUT2D eigenvalue weighted by Gasteiger charge is 2.32. The number of hydrogen-bond acceptors (Lipinski definition) is 3. The van der Waals surface area contributed by atoms with Crippen LogP contribution in [0.1, 0.15) is 31.7 Å². The second kappa shape index (κ2) is 7.78. The summed E-state index contributed by atoms with van der Waals surface area (Å²) in [6.45, 7) is 4.44. The standard InChI is InChI=1S/C19H25FN4O/c1-3-4-8-18-19(25)22(2)9-10-23(18)13-15-12-21-24(14-15)17-7-5-6-16(20)11-17/h5-7,11-12,14,18H,3-4,8-10,13H2,1-2H3/t18-/m1/s1. The Morgan fingerprint density at radius 3 is 2.92 bits per heavy atom. The SMILES string of the molecule is CCCC[C@@H]1C(=O)N(C)CCN1Cc1cnn(-c2cccc(F)c2)c1. The number of carbonyl (C=O) groups excluding carboxylic acids is 1. The van der Waals surface area contributed by atoms with Crippen molar-refractivity contribution in [1.29, 1.82) is 0 Å². The largest absolute Gasteiger partial charge is 0.343 e. The summed E-state index contributed by atoms with van der Waals surface area (Å²) in [7, 11) is 1.88. The van der Waals surface area contributed by atoms with Gasteiger partial charge in [-0.3, -0.25) is 9.69 Å². The van der Waals surface area contributed by atoms with Gasteiger partial charge >= 0.3 is 0 Å². The molecule has 6 heteroatoms. The van der Waals surface area contributed by atoms with Crippen LogP contribution in [0, 0.1) is 5.82 Å². The van der Waals surface area contributed by atoms with E-state index in [0.29, 0.717) is 12.2 Å². The summed E-state index contributed by atoms with van der Waals surface area (Å²) in [5.41, 5.74) is 1.73. The van der Waals surface area contributed by atoms with Crippen LogP contribution in [0.3, 0.4) is 0 Å².